The Morgan fingerprint density at radius 1 is 1.10 bits per heavy atom. The maximum absolute atomic E-state index is 5.95. The zero-order valence-electron chi connectivity index (χ0n) is 17.2. The molecule has 1 N–H and O–H groups in total. The molecule has 0 atom stereocenters. The third-order valence-corrected chi connectivity index (χ3v) is 6.59. The number of halogens is 1. The summed E-state index contributed by atoms with van der Waals surface area (Å²) in [5.41, 5.74) is 4.08. The minimum absolute atomic E-state index is 0.736. The second-order valence-electron chi connectivity index (χ2n) is 7.84. The summed E-state index contributed by atoms with van der Waals surface area (Å²) in [5.74, 6) is 7.28. The van der Waals surface area contributed by atoms with Gasteiger partial charge in [-0.25, -0.2) is 4.98 Å². The number of nitrogens with zero attached hydrogens (tertiary/aromatic N) is 2. The number of hydrogen-bond acceptors (Lipinski definition) is 4. The summed E-state index contributed by atoms with van der Waals surface area (Å²) >= 11 is 7.62. The Balaban J connectivity index is 1.29. The van der Waals surface area contributed by atoms with Gasteiger partial charge in [0.1, 0.15) is 5.69 Å². The van der Waals surface area contributed by atoms with Crippen molar-refractivity contribution >= 4 is 28.6 Å². The van der Waals surface area contributed by atoms with Gasteiger partial charge in [-0.15, -0.1) is 11.3 Å². The van der Waals surface area contributed by atoms with Crippen molar-refractivity contribution in [3.8, 4) is 23.0 Å². The van der Waals surface area contributed by atoms with E-state index in [0.29, 0.717) is 0 Å². The van der Waals surface area contributed by atoms with E-state index >= 15 is 0 Å². The van der Waals surface area contributed by atoms with E-state index in [2.05, 4.69) is 45.4 Å². The van der Waals surface area contributed by atoms with Crippen LogP contribution in [0, 0.1) is 17.8 Å². The Bertz CT molecular complexity index is 1010. The lowest BCUT2D eigenvalue weighted by molar-refractivity contribution is 0.199. The van der Waals surface area contributed by atoms with E-state index in [1.165, 1.54) is 25.9 Å². The van der Waals surface area contributed by atoms with Gasteiger partial charge in [0.2, 0.25) is 0 Å². The fourth-order valence-electron chi connectivity index (χ4n) is 3.55. The third-order valence-electron chi connectivity index (χ3n) is 5.49. The van der Waals surface area contributed by atoms with Crippen molar-refractivity contribution in [3.05, 3.63) is 69.6 Å². The van der Waals surface area contributed by atoms with E-state index in [1.54, 1.807) is 11.3 Å². The lowest BCUT2D eigenvalue weighted by atomic mass is 9.99. The second-order valence-corrected chi connectivity index (χ2v) is 9.19. The smallest absolute Gasteiger partial charge is 0.113 e. The number of aromatic nitrogens is 1. The average Bonchev–Trinajstić information content (AvgIpc) is 3.22. The molecule has 3 nitrogen and oxygen atoms in total. The Hall–Kier alpha value is -2.32. The Kier molecular flexibility index (Phi) is 7.07. The van der Waals surface area contributed by atoms with Crippen molar-refractivity contribution in [2.75, 3.05) is 31.5 Å². The molecule has 1 aliphatic heterocycles. The molecule has 0 bridgehead atoms. The predicted molar refractivity (Wildman–Crippen MR) is 128 cm³/mol. The van der Waals surface area contributed by atoms with Gasteiger partial charge in [-0.2, -0.15) is 0 Å². The van der Waals surface area contributed by atoms with E-state index in [9.17, 15) is 0 Å². The molecule has 1 aromatic carbocycles. The minimum Gasteiger partial charge on any atom is -0.383 e. The van der Waals surface area contributed by atoms with Crippen LogP contribution in [0.2, 0.25) is 5.02 Å². The maximum Gasteiger partial charge on any atom is 0.113 e. The normalized spacial score (nSPS) is 14.9. The summed E-state index contributed by atoms with van der Waals surface area (Å²) in [7, 11) is 0. The van der Waals surface area contributed by atoms with Gasteiger partial charge in [-0.3, -0.25) is 0 Å². The molecule has 1 fully saturated rings. The van der Waals surface area contributed by atoms with Crippen LogP contribution in [0.5, 0.6) is 0 Å². The van der Waals surface area contributed by atoms with Gasteiger partial charge in [0, 0.05) is 40.9 Å². The predicted octanol–water partition coefficient (Wildman–Crippen LogP) is 6.01. The van der Waals surface area contributed by atoms with Crippen LogP contribution in [0.15, 0.2) is 54.0 Å². The SMILES string of the molecule is CC1CCN(CCNc2csc(C#Cc3ccc(-c4ccc(Cl)cc4)cn3)c2)CC1. The number of hydrogen-bond donors (Lipinski definition) is 1. The molecule has 0 spiro atoms. The molecular weight excluding hydrogens is 410 g/mol. The largest absolute Gasteiger partial charge is 0.383 e. The summed E-state index contributed by atoms with van der Waals surface area (Å²) in [6, 6.07) is 13.9. The molecule has 5 heteroatoms. The number of rotatable bonds is 5. The minimum atomic E-state index is 0.736. The quantitative estimate of drug-likeness (QED) is 0.497. The summed E-state index contributed by atoms with van der Waals surface area (Å²) in [6.07, 6.45) is 4.51. The average molecular weight is 436 g/mol. The molecule has 2 aromatic heterocycles. The number of likely N-dealkylation sites (tertiary alicyclic amines) is 1. The Morgan fingerprint density at radius 2 is 1.87 bits per heavy atom. The fourth-order valence-corrected chi connectivity index (χ4v) is 4.38. The van der Waals surface area contributed by atoms with Gasteiger partial charge in [0.05, 0.1) is 4.88 Å². The van der Waals surface area contributed by atoms with Crippen LogP contribution < -0.4 is 5.32 Å². The van der Waals surface area contributed by atoms with Gasteiger partial charge < -0.3 is 10.2 Å². The molecule has 0 aliphatic carbocycles. The van der Waals surface area contributed by atoms with Crippen LogP contribution in [0.25, 0.3) is 11.1 Å². The number of pyridine rings is 1. The van der Waals surface area contributed by atoms with Crippen molar-refractivity contribution in [1.82, 2.24) is 9.88 Å². The molecule has 1 saturated heterocycles. The van der Waals surface area contributed by atoms with E-state index in [4.69, 9.17) is 11.6 Å². The highest BCUT2D eigenvalue weighted by Crippen LogP contribution is 2.21. The third kappa shape index (κ3) is 5.86. The van der Waals surface area contributed by atoms with Crippen LogP contribution in [-0.2, 0) is 0 Å². The number of benzene rings is 1. The molecular formula is C25H26ClN3S. The van der Waals surface area contributed by atoms with Gasteiger partial charge in [0.25, 0.3) is 0 Å². The number of piperidine rings is 1. The molecule has 4 rings (SSSR count). The van der Waals surface area contributed by atoms with Crippen LogP contribution in [0.4, 0.5) is 5.69 Å². The van der Waals surface area contributed by atoms with Crippen molar-refractivity contribution in [2.45, 2.75) is 19.8 Å². The first kappa shape index (κ1) is 20.9. The van der Waals surface area contributed by atoms with Crippen LogP contribution in [0.3, 0.4) is 0 Å². The van der Waals surface area contributed by atoms with Crippen molar-refractivity contribution in [3.63, 3.8) is 0 Å². The number of thiophene rings is 1. The zero-order chi connectivity index (χ0) is 20.8. The molecule has 154 valence electrons. The maximum atomic E-state index is 5.95. The topological polar surface area (TPSA) is 28.2 Å². The first-order chi connectivity index (χ1) is 14.7. The molecule has 30 heavy (non-hydrogen) atoms. The van der Waals surface area contributed by atoms with Crippen LogP contribution in [-0.4, -0.2) is 36.1 Å². The van der Waals surface area contributed by atoms with E-state index < -0.39 is 0 Å². The molecule has 3 aromatic rings. The van der Waals surface area contributed by atoms with Gasteiger partial charge in [-0.05, 0) is 73.5 Å². The summed E-state index contributed by atoms with van der Waals surface area (Å²) in [4.78, 5) is 8.09. The molecule has 0 unspecified atom stereocenters. The van der Waals surface area contributed by atoms with E-state index in [-0.39, 0.29) is 0 Å². The van der Waals surface area contributed by atoms with E-state index in [0.717, 1.165) is 51.4 Å². The van der Waals surface area contributed by atoms with Crippen molar-refractivity contribution < 1.29 is 0 Å². The van der Waals surface area contributed by atoms with Crippen molar-refractivity contribution in [1.29, 1.82) is 0 Å². The highest BCUT2D eigenvalue weighted by atomic mass is 35.5. The number of nitrogens with one attached hydrogen (secondary N) is 1. The number of anilines is 1. The van der Waals surface area contributed by atoms with Gasteiger partial charge in [0.15, 0.2) is 0 Å². The highest BCUT2D eigenvalue weighted by Gasteiger charge is 2.14. The zero-order valence-corrected chi connectivity index (χ0v) is 18.8. The molecule has 0 saturated carbocycles. The fraction of sp³-hybridized carbons (Fsp3) is 0.320. The first-order valence-corrected chi connectivity index (χ1v) is 11.7. The monoisotopic (exact) mass is 435 g/mol. The standard InChI is InChI=1S/C25H26ClN3S/c1-19-10-13-29(14-11-19)15-12-27-24-16-25(30-18-24)9-8-23-7-4-21(17-28-23)20-2-5-22(26)6-3-20/h2-7,16-19,27H,10-15H2,1H3. The lowest BCUT2D eigenvalue weighted by Gasteiger charge is -2.30. The lowest BCUT2D eigenvalue weighted by Crippen LogP contribution is -2.36. The molecule has 3 heterocycles. The summed E-state index contributed by atoms with van der Waals surface area (Å²) < 4.78 is 0. The summed E-state index contributed by atoms with van der Waals surface area (Å²) in [6.45, 7) is 6.90. The first-order valence-electron chi connectivity index (χ1n) is 10.4. The van der Waals surface area contributed by atoms with Crippen LogP contribution >= 0.6 is 22.9 Å². The molecule has 1 aliphatic rings. The molecule has 0 amide bonds. The molecule has 0 radical (unpaired) electrons. The van der Waals surface area contributed by atoms with Gasteiger partial charge in [-0.1, -0.05) is 36.7 Å². The van der Waals surface area contributed by atoms with Crippen LogP contribution in [0.1, 0.15) is 30.3 Å². The second kappa shape index (κ2) is 10.1. The summed E-state index contributed by atoms with van der Waals surface area (Å²) in [5, 5.41) is 6.40. The highest BCUT2D eigenvalue weighted by molar-refractivity contribution is 7.11. The van der Waals surface area contributed by atoms with E-state index in [1.807, 2.05) is 42.6 Å². The van der Waals surface area contributed by atoms with Gasteiger partial charge >= 0.3 is 0 Å². The Morgan fingerprint density at radius 3 is 2.60 bits per heavy atom. The Labute approximate surface area is 188 Å². The van der Waals surface area contributed by atoms with Crippen molar-refractivity contribution in [2.24, 2.45) is 5.92 Å².